The van der Waals surface area contributed by atoms with Gasteiger partial charge in [-0.15, -0.1) is 0 Å². The predicted octanol–water partition coefficient (Wildman–Crippen LogP) is 2.85. The van der Waals surface area contributed by atoms with Gasteiger partial charge in [-0.1, -0.05) is 30.3 Å². The van der Waals surface area contributed by atoms with Gasteiger partial charge in [0.25, 0.3) is 5.91 Å². The maximum Gasteiger partial charge on any atom is 0.255 e. The normalized spacial score (nSPS) is 10.9. The Hall–Kier alpha value is -2.82. The highest BCUT2D eigenvalue weighted by molar-refractivity contribution is 6.04. The van der Waals surface area contributed by atoms with Crippen LogP contribution >= 0.6 is 0 Å². The number of amides is 2. The number of phenolic OH excluding ortho intramolecular Hbond substituents is 1. The lowest BCUT2D eigenvalue weighted by molar-refractivity contribution is -0.120. The molecule has 2 aromatic rings. The van der Waals surface area contributed by atoms with Crippen LogP contribution in [0.4, 0.5) is 5.69 Å². The summed E-state index contributed by atoms with van der Waals surface area (Å²) in [5, 5.41) is 15.2. The molecule has 23 heavy (non-hydrogen) atoms. The van der Waals surface area contributed by atoms with Gasteiger partial charge in [0, 0.05) is 5.69 Å². The van der Waals surface area contributed by atoms with Gasteiger partial charge in [-0.25, -0.2) is 0 Å². The SMILES string of the molecule is Cc1ccccc1NC(=O)C(C)(C)NC(=O)c1ccccc1O. The number of hydrogen-bond acceptors (Lipinski definition) is 3. The maximum atomic E-state index is 12.4. The third-order valence-corrected chi connectivity index (χ3v) is 3.54. The molecule has 0 saturated carbocycles. The monoisotopic (exact) mass is 312 g/mol. The molecule has 0 bridgehead atoms. The minimum atomic E-state index is -1.14. The van der Waals surface area contributed by atoms with Crippen LogP contribution in [0.25, 0.3) is 0 Å². The van der Waals surface area contributed by atoms with Crippen molar-refractivity contribution in [1.29, 1.82) is 0 Å². The Bertz CT molecular complexity index is 739. The second-order valence-electron chi connectivity index (χ2n) is 5.87. The molecule has 0 aliphatic heterocycles. The Morgan fingerprint density at radius 2 is 1.61 bits per heavy atom. The highest BCUT2D eigenvalue weighted by Crippen LogP contribution is 2.18. The zero-order chi connectivity index (χ0) is 17.0. The van der Waals surface area contributed by atoms with Gasteiger partial charge in [-0.05, 0) is 44.5 Å². The van der Waals surface area contributed by atoms with E-state index in [9.17, 15) is 14.7 Å². The summed E-state index contributed by atoms with van der Waals surface area (Å²) in [6.45, 7) is 5.11. The summed E-state index contributed by atoms with van der Waals surface area (Å²) in [6, 6.07) is 13.6. The number of phenols is 1. The Balaban J connectivity index is 2.12. The molecular formula is C18H20N2O3. The molecule has 3 N–H and O–H groups in total. The number of aromatic hydroxyl groups is 1. The number of para-hydroxylation sites is 2. The van der Waals surface area contributed by atoms with Crippen LogP contribution in [-0.2, 0) is 4.79 Å². The van der Waals surface area contributed by atoms with Crippen LogP contribution in [-0.4, -0.2) is 22.5 Å². The minimum Gasteiger partial charge on any atom is -0.507 e. The van der Waals surface area contributed by atoms with E-state index in [1.54, 1.807) is 32.0 Å². The van der Waals surface area contributed by atoms with Crippen LogP contribution in [0.2, 0.25) is 0 Å². The van der Waals surface area contributed by atoms with Crippen LogP contribution in [0.3, 0.4) is 0 Å². The molecule has 0 aromatic heterocycles. The van der Waals surface area contributed by atoms with Crippen LogP contribution in [0.1, 0.15) is 29.8 Å². The Kier molecular flexibility index (Phi) is 4.69. The summed E-state index contributed by atoms with van der Waals surface area (Å²) in [5.74, 6) is -0.969. The second kappa shape index (κ2) is 6.52. The van der Waals surface area contributed by atoms with E-state index in [0.29, 0.717) is 5.69 Å². The van der Waals surface area contributed by atoms with Gasteiger partial charge in [0.1, 0.15) is 11.3 Å². The van der Waals surface area contributed by atoms with Crippen molar-refractivity contribution in [1.82, 2.24) is 5.32 Å². The zero-order valence-electron chi connectivity index (χ0n) is 13.4. The molecule has 0 aliphatic carbocycles. The molecule has 2 amide bonds. The minimum absolute atomic E-state index is 0.125. The van der Waals surface area contributed by atoms with Crippen LogP contribution in [0.5, 0.6) is 5.75 Å². The van der Waals surface area contributed by atoms with Crippen molar-refractivity contribution in [2.45, 2.75) is 26.3 Å². The van der Waals surface area contributed by atoms with Gasteiger partial charge >= 0.3 is 0 Å². The molecule has 0 spiro atoms. The Morgan fingerprint density at radius 1 is 1.00 bits per heavy atom. The molecule has 0 unspecified atom stereocenters. The van der Waals surface area contributed by atoms with Crippen LogP contribution in [0, 0.1) is 6.92 Å². The van der Waals surface area contributed by atoms with Gasteiger partial charge in [0.2, 0.25) is 5.91 Å². The van der Waals surface area contributed by atoms with Gasteiger partial charge in [-0.2, -0.15) is 0 Å². The molecule has 0 aliphatic rings. The fourth-order valence-electron chi connectivity index (χ4n) is 2.07. The number of carbonyl (C=O) groups is 2. The van der Waals surface area contributed by atoms with Crippen molar-refractivity contribution < 1.29 is 14.7 Å². The van der Waals surface area contributed by atoms with Crippen molar-refractivity contribution in [2.24, 2.45) is 0 Å². The number of carbonyl (C=O) groups excluding carboxylic acids is 2. The standard InChI is InChI=1S/C18H20N2O3/c1-12-8-4-6-10-14(12)19-17(23)18(2,3)20-16(22)13-9-5-7-11-15(13)21/h4-11,21H,1-3H3,(H,19,23)(H,20,22). The van der Waals surface area contributed by atoms with Crippen LogP contribution in [0.15, 0.2) is 48.5 Å². The largest absolute Gasteiger partial charge is 0.507 e. The van der Waals surface area contributed by atoms with E-state index in [4.69, 9.17) is 0 Å². The quantitative estimate of drug-likeness (QED) is 0.812. The molecule has 5 heteroatoms. The molecule has 0 saturated heterocycles. The third-order valence-electron chi connectivity index (χ3n) is 3.54. The number of anilines is 1. The predicted molar refractivity (Wildman–Crippen MR) is 89.5 cm³/mol. The first-order valence-corrected chi connectivity index (χ1v) is 7.29. The summed E-state index contributed by atoms with van der Waals surface area (Å²) in [4.78, 5) is 24.7. The van der Waals surface area contributed by atoms with E-state index in [-0.39, 0.29) is 17.2 Å². The van der Waals surface area contributed by atoms with Crippen molar-refractivity contribution in [3.05, 3.63) is 59.7 Å². The van der Waals surface area contributed by atoms with E-state index < -0.39 is 11.4 Å². The second-order valence-corrected chi connectivity index (χ2v) is 5.87. The highest BCUT2D eigenvalue weighted by Gasteiger charge is 2.30. The van der Waals surface area contributed by atoms with Crippen molar-refractivity contribution in [3.8, 4) is 5.75 Å². The average Bonchev–Trinajstić information content (AvgIpc) is 2.49. The zero-order valence-corrected chi connectivity index (χ0v) is 13.4. The van der Waals surface area contributed by atoms with Gasteiger partial charge in [0.05, 0.1) is 5.56 Å². The molecule has 2 rings (SSSR count). The number of benzene rings is 2. The lowest BCUT2D eigenvalue weighted by atomic mass is 10.0. The van der Waals surface area contributed by atoms with Crippen molar-refractivity contribution >= 4 is 17.5 Å². The topological polar surface area (TPSA) is 78.4 Å². The molecule has 5 nitrogen and oxygen atoms in total. The number of nitrogens with one attached hydrogen (secondary N) is 2. The van der Waals surface area contributed by atoms with Gasteiger partial charge in [-0.3, -0.25) is 9.59 Å². The van der Waals surface area contributed by atoms with E-state index in [0.717, 1.165) is 5.56 Å². The number of rotatable bonds is 4. The summed E-state index contributed by atoms with van der Waals surface area (Å²) < 4.78 is 0. The molecule has 120 valence electrons. The summed E-state index contributed by atoms with van der Waals surface area (Å²) in [6.07, 6.45) is 0. The molecule has 0 atom stereocenters. The van der Waals surface area contributed by atoms with E-state index in [1.807, 2.05) is 25.1 Å². The van der Waals surface area contributed by atoms with Gasteiger partial charge < -0.3 is 15.7 Å². The fraction of sp³-hybridized carbons (Fsp3) is 0.222. The summed E-state index contributed by atoms with van der Waals surface area (Å²) in [7, 11) is 0. The Labute approximate surface area is 135 Å². The highest BCUT2D eigenvalue weighted by atomic mass is 16.3. The summed E-state index contributed by atoms with van der Waals surface area (Å²) in [5.41, 5.74) is 0.622. The maximum absolute atomic E-state index is 12.4. The van der Waals surface area contributed by atoms with E-state index in [1.165, 1.54) is 12.1 Å². The van der Waals surface area contributed by atoms with Crippen molar-refractivity contribution in [2.75, 3.05) is 5.32 Å². The molecule has 2 aromatic carbocycles. The Morgan fingerprint density at radius 3 is 2.26 bits per heavy atom. The molecular weight excluding hydrogens is 292 g/mol. The lowest BCUT2D eigenvalue weighted by Gasteiger charge is -2.25. The third kappa shape index (κ3) is 3.88. The van der Waals surface area contributed by atoms with Gasteiger partial charge in [0.15, 0.2) is 0 Å². The molecule has 0 fully saturated rings. The fourth-order valence-corrected chi connectivity index (χ4v) is 2.07. The summed E-state index contributed by atoms with van der Waals surface area (Å²) >= 11 is 0. The van der Waals surface area contributed by atoms with E-state index >= 15 is 0 Å². The van der Waals surface area contributed by atoms with Crippen molar-refractivity contribution in [3.63, 3.8) is 0 Å². The first-order chi connectivity index (χ1) is 10.8. The lowest BCUT2D eigenvalue weighted by Crippen LogP contribution is -2.52. The molecule has 0 heterocycles. The first kappa shape index (κ1) is 16.5. The van der Waals surface area contributed by atoms with Crippen LogP contribution < -0.4 is 10.6 Å². The first-order valence-electron chi connectivity index (χ1n) is 7.29. The smallest absolute Gasteiger partial charge is 0.255 e. The average molecular weight is 312 g/mol. The van der Waals surface area contributed by atoms with E-state index in [2.05, 4.69) is 10.6 Å². The molecule has 0 radical (unpaired) electrons. The number of aryl methyl sites for hydroxylation is 1. The number of hydrogen-bond donors (Lipinski definition) is 3.